The van der Waals surface area contributed by atoms with E-state index in [4.69, 9.17) is 5.11 Å². The summed E-state index contributed by atoms with van der Waals surface area (Å²) in [7, 11) is 0. The van der Waals surface area contributed by atoms with E-state index >= 15 is 0 Å². The monoisotopic (exact) mass is 212 g/mol. The highest BCUT2D eigenvalue weighted by molar-refractivity contribution is 5.83. The summed E-state index contributed by atoms with van der Waals surface area (Å²) in [6, 6.07) is -0.867. The van der Waals surface area contributed by atoms with E-state index in [1.165, 1.54) is 24.3 Å². The standard InChI is InChI=1S/C8H12N4O3/c1-6(8(14)15)11-7(13)2-3-12-5-9-4-10-12/h4-6H,2-3H2,1H3,(H,11,13)(H,14,15)/t6-/m1/s1. The molecular weight excluding hydrogens is 200 g/mol. The molecule has 0 unspecified atom stereocenters. The molecule has 1 rings (SSSR count). The van der Waals surface area contributed by atoms with Gasteiger partial charge in [-0.1, -0.05) is 0 Å². The van der Waals surface area contributed by atoms with Gasteiger partial charge in [0.25, 0.3) is 0 Å². The van der Waals surface area contributed by atoms with E-state index in [1.807, 2.05) is 0 Å². The highest BCUT2D eigenvalue weighted by Gasteiger charge is 2.13. The predicted octanol–water partition coefficient (Wildman–Crippen LogP) is -0.743. The molecular formula is C8H12N4O3. The van der Waals surface area contributed by atoms with E-state index in [0.29, 0.717) is 6.54 Å². The average Bonchev–Trinajstić information content (AvgIpc) is 2.66. The summed E-state index contributed by atoms with van der Waals surface area (Å²) in [5.41, 5.74) is 0. The minimum absolute atomic E-state index is 0.182. The van der Waals surface area contributed by atoms with Crippen LogP contribution in [0.15, 0.2) is 12.7 Å². The van der Waals surface area contributed by atoms with Gasteiger partial charge in [-0.05, 0) is 6.92 Å². The first kappa shape index (κ1) is 11.2. The van der Waals surface area contributed by atoms with Crippen molar-refractivity contribution in [1.82, 2.24) is 20.1 Å². The number of carboxylic acid groups (broad SMARTS) is 1. The van der Waals surface area contributed by atoms with Crippen LogP contribution in [0.2, 0.25) is 0 Å². The lowest BCUT2D eigenvalue weighted by Crippen LogP contribution is -2.38. The third-order valence-corrected chi connectivity index (χ3v) is 1.78. The Labute approximate surface area is 86.1 Å². The largest absolute Gasteiger partial charge is 0.480 e. The summed E-state index contributed by atoms with van der Waals surface area (Å²) < 4.78 is 1.50. The zero-order chi connectivity index (χ0) is 11.3. The molecule has 1 aromatic heterocycles. The molecule has 0 aromatic carbocycles. The molecule has 0 saturated heterocycles. The van der Waals surface area contributed by atoms with Gasteiger partial charge in [-0.3, -0.25) is 14.3 Å². The van der Waals surface area contributed by atoms with E-state index in [-0.39, 0.29) is 12.3 Å². The summed E-state index contributed by atoms with van der Waals surface area (Å²) >= 11 is 0. The zero-order valence-electron chi connectivity index (χ0n) is 8.25. The van der Waals surface area contributed by atoms with Gasteiger partial charge in [0.15, 0.2) is 0 Å². The van der Waals surface area contributed by atoms with Gasteiger partial charge in [0.2, 0.25) is 5.91 Å². The maximum Gasteiger partial charge on any atom is 0.325 e. The molecule has 1 amide bonds. The van der Waals surface area contributed by atoms with Crippen molar-refractivity contribution in [3.05, 3.63) is 12.7 Å². The summed E-state index contributed by atoms with van der Waals surface area (Å²) in [6.07, 6.45) is 3.05. The van der Waals surface area contributed by atoms with Crippen molar-refractivity contribution < 1.29 is 14.7 Å². The Balaban J connectivity index is 2.28. The maximum absolute atomic E-state index is 11.2. The maximum atomic E-state index is 11.2. The van der Waals surface area contributed by atoms with Crippen molar-refractivity contribution >= 4 is 11.9 Å². The van der Waals surface area contributed by atoms with Gasteiger partial charge < -0.3 is 10.4 Å². The smallest absolute Gasteiger partial charge is 0.325 e. The van der Waals surface area contributed by atoms with Crippen molar-refractivity contribution in [3.63, 3.8) is 0 Å². The molecule has 0 aliphatic carbocycles. The van der Waals surface area contributed by atoms with Crippen LogP contribution in [0.4, 0.5) is 0 Å². The van der Waals surface area contributed by atoms with Crippen molar-refractivity contribution in [1.29, 1.82) is 0 Å². The molecule has 1 atom stereocenters. The number of amides is 1. The number of carbonyl (C=O) groups is 2. The SMILES string of the molecule is C[C@@H](NC(=O)CCn1cncn1)C(=O)O. The zero-order valence-corrected chi connectivity index (χ0v) is 8.25. The molecule has 0 saturated carbocycles. The van der Waals surface area contributed by atoms with Crippen LogP contribution in [0.3, 0.4) is 0 Å². The summed E-state index contributed by atoms with van der Waals surface area (Å²) in [5, 5.41) is 14.7. The summed E-state index contributed by atoms with van der Waals surface area (Å²) in [5.74, 6) is -1.37. The number of carbonyl (C=O) groups excluding carboxylic acids is 1. The lowest BCUT2D eigenvalue weighted by atomic mass is 10.3. The van der Waals surface area contributed by atoms with Crippen LogP contribution < -0.4 is 5.32 Å². The van der Waals surface area contributed by atoms with Crippen molar-refractivity contribution in [2.24, 2.45) is 0 Å². The van der Waals surface area contributed by atoms with Gasteiger partial charge in [0.05, 0.1) is 6.54 Å². The quantitative estimate of drug-likeness (QED) is 0.669. The number of carboxylic acids is 1. The van der Waals surface area contributed by atoms with Crippen molar-refractivity contribution in [2.75, 3.05) is 0 Å². The van der Waals surface area contributed by atoms with Gasteiger partial charge in [0.1, 0.15) is 18.7 Å². The number of hydrogen-bond acceptors (Lipinski definition) is 4. The summed E-state index contributed by atoms with van der Waals surface area (Å²) in [4.78, 5) is 25.4. The Bertz CT molecular complexity index is 336. The van der Waals surface area contributed by atoms with Gasteiger partial charge >= 0.3 is 5.97 Å². The van der Waals surface area contributed by atoms with Crippen molar-refractivity contribution in [3.8, 4) is 0 Å². The Morgan fingerprint density at radius 3 is 2.87 bits per heavy atom. The first-order valence-electron chi connectivity index (χ1n) is 4.44. The second-order valence-electron chi connectivity index (χ2n) is 3.04. The topological polar surface area (TPSA) is 97.1 Å². The Morgan fingerprint density at radius 1 is 1.60 bits per heavy atom. The van der Waals surface area contributed by atoms with Crippen LogP contribution in [0, 0.1) is 0 Å². The number of nitrogens with zero attached hydrogens (tertiary/aromatic N) is 3. The number of aromatic nitrogens is 3. The first-order valence-corrected chi connectivity index (χ1v) is 4.44. The Kier molecular flexibility index (Phi) is 3.78. The molecule has 82 valence electrons. The van der Waals surface area contributed by atoms with E-state index in [0.717, 1.165) is 0 Å². The molecule has 7 heteroatoms. The number of rotatable bonds is 5. The van der Waals surface area contributed by atoms with Gasteiger partial charge in [0, 0.05) is 6.42 Å². The summed E-state index contributed by atoms with van der Waals surface area (Å²) in [6.45, 7) is 1.80. The molecule has 7 nitrogen and oxygen atoms in total. The molecule has 1 heterocycles. The van der Waals surface area contributed by atoms with Crippen LogP contribution in [-0.2, 0) is 16.1 Å². The molecule has 0 bridgehead atoms. The number of hydrogen-bond donors (Lipinski definition) is 2. The number of aliphatic carboxylic acids is 1. The van der Waals surface area contributed by atoms with Crippen LogP contribution in [-0.4, -0.2) is 37.8 Å². The van der Waals surface area contributed by atoms with Crippen molar-refractivity contribution in [2.45, 2.75) is 25.9 Å². The predicted molar refractivity (Wildman–Crippen MR) is 49.9 cm³/mol. The number of aryl methyl sites for hydroxylation is 1. The fourth-order valence-electron chi connectivity index (χ4n) is 0.940. The highest BCUT2D eigenvalue weighted by atomic mass is 16.4. The minimum Gasteiger partial charge on any atom is -0.480 e. The second-order valence-corrected chi connectivity index (χ2v) is 3.04. The molecule has 0 aliphatic heterocycles. The molecule has 15 heavy (non-hydrogen) atoms. The molecule has 0 radical (unpaired) electrons. The lowest BCUT2D eigenvalue weighted by molar-refractivity contribution is -0.141. The number of nitrogens with one attached hydrogen (secondary N) is 1. The van der Waals surface area contributed by atoms with E-state index < -0.39 is 12.0 Å². The van der Waals surface area contributed by atoms with Gasteiger partial charge in [-0.2, -0.15) is 5.10 Å². The molecule has 0 aliphatic rings. The van der Waals surface area contributed by atoms with E-state index in [1.54, 1.807) is 0 Å². The van der Waals surface area contributed by atoms with Crippen LogP contribution in [0.5, 0.6) is 0 Å². The molecule has 0 fully saturated rings. The van der Waals surface area contributed by atoms with E-state index in [2.05, 4.69) is 15.4 Å². The fourth-order valence-corrected chi connectivity index (χ4v) is 0.940. The highest BCUT2D eigenvalue weighted by Crippen LogP contribution is 1.89. The first-order chi connectivity index (χ1) is 7.09. The van der Waals surface area contributed by atoms with Crippen LogP contribution >= 0.6 is 0 Å². The minimum atomic E-state index is -1.05. The normalized spacial score (nSPS) is 12.1. The average molecular weight is 212 g/mol. The van der Waals surface area contributed by atoms with Gasteiger partial charge in [-0.15, -0.1) is 0 Å². The third kappa shape index (κ3) is 3.75. The van der Waals surface area contributed by atoms with Gasteiger partial charge in [-0.25, -0.2) is 4.98 Å². The molecule has 0 spiro atoms. The van der Waals surface area contributed by atoms with E-state index in [9.17, 15) is 9.59 Å². The fraction of sp³-hybridized carbons (Fsp3) is 0.500. The third-order valence-electron chi connectivity index (χ3n) is 1.78. The lowest BCUT2D eigenvalue weighted by Gasteiger charge is -2.08. The molecule has 2 N–H and O–H groups in total. The Hall–Kier alpha value is -1.92. The molecule has 1 aromatic rings. The second kappa shape index (κ2) is 5.08. The van der Waals surface area contributed by atoms with Crippen LogP contribution in [0.25, 0.3) is 0 Å². The Morgan fingerprint density at radius 2 is 2.33 bits per heavy atom. The van der Waals surface area contributed by atoms with Crippen LogP contribution in [0.1, 0.15) is 13.3 Å².